The van der Waals surface area contributed by atoms with Crippen molar-refractivity contribution in [2.75, 3.05) is 0 Å². The number of benzene rings is 1. The van der Waals surface area contributed by atoms with Gasteiger partial charge in [-0.25, -0.2) is 8.78 Å². The quantitative estimate of drug-likeness (QED) is 0.694. The summed E-state index contributed by atoms with van der Waals surface area (Å²) in [5, 5.41) is 9.26. The molecule has 0 aromatic heterocycles. The molecule has 1 N–H and O–H groups in total. The molecular weight excluding hydrogens is 174 g/mol. The number of halogens is 2. The summed E-state index contributed by atoms with van der Waals surface area (Å²) in [5.41, 5.74) is -0.361. The fourth-order valence-electron chi connectivity index (χ4n) is 1.04. The van der Waals surface area contributed by atoms with Crippen LogP contribution in [-0.2, 0) is 0 Å². The molecule has 3 heteroatoms. The fraction of sp³-hybridized carbons (Fsp3) is 0.200. The van der Waals surface area contributed by atoms with Gasteiger partial charge < -0.3 is 5.11 Å². The Labute approximate surface area is 75.0 Å². The molecule has 0 saturated heterocycles. The van der Waals surface area contributed by atoms with Crippen molar-refractivity contribution in [1.29, 1.82) is 0 Å². The lowest BCUT2D eigenvalue weighted by atomic mass is 10.1. The normalized spacial score (nSPS) is 12.2. The van der Waals surface area contributed by atoms with Gasteiger partial charge in [0.15, 0.2) is 0 Å². The molecule has 0 aliphatic rings. The smallest absolute Gasteiger partial charge is 0.131 e. The second-order valence-electron chi connectivity index (χ2n) is 2.56. The van der Waals surface area contributed by atoms with Crippen molar-refractivity contribution in [2.45, 2.75) is 12.5 Å². The summed E-state index contributed by atoms with van der Waals surface area (Å²) < 4.78 is 25.9. The molecule has 0 fully saturated rings. The van der Waals surface area contributed by atoms with Crippen molar-refractivity contribution in [2.24, 2.45) is 0 Å². The molecule has 0 aliphatic carbocycles. The molecule has 1 unspecified atom stereocenters. The monoisotopic (exact) mass is 182 g/mol. The minimum atomic E-state index is -1.27. The molecular formula is C10H8F2O. The molecule has 0 spiro atoms. The first-order chi connectivity index (χ1) is 6.16. The van der Waals surface area contributed by atoms with Gasteiger partial charge in [0.05, 0.1) is 11.7 Å². The van der Waals surface area contributed by atoms with Crippen LogP contribution in [0.15, 0.2) is 18.2 Å². The van der Waals surface area contributed by atoms with Gasteiger partial charge in [-0.2, -0.15) is 0 Å². The molecule has 0 saturated carbocycles. The second-order valence-corrected chi connectivity index (χ2v) is 2.56. The van der Waals surface area contributed by atoms with Crippen LogP contribution < -0.4 is 0 Å². The number of aliphatic hydroxyl groups excluding tert-OH is 1. The third-order valence-corrected chi connectivity index (χ3v) is 1.64. The number of rotatable bonds is 2. The Morgan fingerprint density at radius 3 is 2.38 bits per heavy atom. The Kier molecular flexibility index (Phi) is 2.99. The molecule has 1 aromatic carbocycles. The zero-order chi connectivity index (χ0) is 9.84. The van der Waals surface area contributed by atoms with Crippen LogP contribution in [0.4, 0.5) is 8.78 Å². The first-order valence-electron chi connectivity index (χ1n) is 3.72. The first kappa shape index (κ1) is 9.69. The van der Waals surface area contributed by atoms with Crippen LogP contribution in [-0.4, -0.2) is 5.11 Å². The maximum atomic E-state index is 13.0. The van der Waals surface area contributed by atoms with E-state index in [9.17, 15) is 13.9 Å². The minimum absolute atomic E-state index is 0.0994. The summed E-state index contributed by atoms with van der Waals surface area (Å²) in [4.78, 5) is 0. The van der Waals surface area contributed by atoms with E-state index in [-0.39, 0.29) is 12.0 Å². The van der Waals surface area contributed by atoms with Crippen molar-refractivity contribution < 1.29 is 13.9 Å². The predicted octanol–water partition coefficient (Wildman–Crippen LogP) is 2.02. The van der Waals surface area contributed by atoms with Gasteiger partial charge in [0.2, 0.25) is 0 Å². The Morgan fingerprint density at radius 1 is 1.38 bits per heavy atom. The molecule has 0 amide bonds. The van der Waals surface area contributed by atoms with Crippen molar-refractivity contribution in [3.63, 3.8) is 0 Å². The van der Waals surface area contributed by atoms with Crippen LogP contribution in [0.5, 0.6) is 0 Å². The SMILES string of the molecule is C#CCC(O)c1c(F)cccc1F. The Hall–Kier alpha value is -1.40. The van der Waals surface area contributed by atoms with Crippen molar-refractivity contribution >= 4 is 0 Å². The first-order valence-corrected chi connectivity index (χ1v) is 3.72. The van der Waals surface area contributed by atoms with Gasteiger partial charge in [0.25, 0.3) is 0 Å². The summed E-state index contributed by atoms with van der Waals surface area (Å²) in [5.74, 6) is 0.587. The highest BCUT2D eigenvalue weighted by Crippen LogP contribution is 2.22. The molecule has 0 aliphatic heterocycles. The summed E-state index contributed by atoms with van der Waals surface area (Å²) in [6.07, 6.45) is 3.54. The average Bonchev–Trinajstić information content (AvgIpc) is 2.04. The van der Waals surface area contributed by atoms with E-state index in [0.717, 1.165) is 12.1 Å². The molecule has 0 radical (unpaired) electrons. The summed E-state index contributed by atoms with van der Waals surface area (Å²) >= 11 is 0. The lowest BCUT2D eigenvalue weighted by molar-refractivity contribution is 0.174. The maximum absolute atomic E-state index is 13.0. The van der Waals surface area contributed by atoms with Gasteiger partial charge in [-0.15, -0.1) is 12.3 Å². The van der Waals surface area contributed by atoms with Crippen molar-refractivity contribution in [1.82, 2.24) is 0 Å². The van der Waals surface area contributed by atoms with E-state index < -0.39 is 17.7 Å². The van der Waals surface area contributed by atoms with Crippen LogP contribution in [0, 0.1) is 24.0 Å². The Bertz CT molecular complexity index is 321. The highest BCUT2D eigenvalue weighted by molar-refractivity contribution is 5.22. The van der Waals surface area contributed by atoms with Crippen molar-refractivity contribution in [3.8, 4) is 12.3 Å². The summed E-state index contributed by atoms with van der Waals surface area (Å²) in [6, 6.07) is 3.40. The molecule has 1 nitrogen and oxygen atoms in total. The van der Waals surface area contributed by atoms with Gasteiger partial charge >= 0.3 is 0 Å². The van der Waals surface area contributed by atoms with Gasteiger partial charge in [-0.05, 0) is 12.1 Å². The van der Waals surface area contributed by atoms with E-state index in [4.69, 9.17) is 6.42 Å². The van der Waals surface area contributed by atoms with E-state index in [1.807, 2.05) is 0 Å². The third-order valence-electron chi connectivity index (χ3n) is 1.64. The van der Waals surface area contributed by atoms with Gasteiger partial charge in [-0.1, -0.05) is 6.07 Å². The van der Waals surface area contributed by atoms with Gasteiger partial charge in [0.1, 0.15) is 11.6 Å². The molecule has 0 heterocycles. The summed E-state index contributed by atoms with van der Waals surface area (Å²) in [6.45, 7) is 0. The van der Waals surface area contributed by atoms with Crippen LogP contribution in [0.2, 0.25) is 0 Å². The number of hydrogen-bond acceptors (Lipinski definition) is 1. The lowest BCUT2D eigenvalue weighted by Crippen LogP contribution is -2.02. The van der Waals surface area contributed by atoms with Gasteiger partial charge in [0, 0.05) is 6.42 Å². The highest BCUT2D eigenvalue weighted by atomic mass is 19.1. The standard InChI is InChI=1S/C10H8F2O/c1-2-4-9(13)10-7(11)5-3-6-8(10)12/h1,3,5-6,9,13H,4H2. The van der Waals surface area contributed by atoms with Crippen LogP contribution in [0.25, 0.3) is 0 Å². The zero-order valence-electron chi connectivity index (χ0n) is 6.80. The number of terminal acetylenes is 1. The molecule has 13 heavy (non-hydrogen) atoms. The molecule has 1 aromatic rings. The van der Waals surface area contributed by atoms with Crippen LogP contribution in [0.3, 0.4) is 0 Å². The maximum Gasteiger partial charge on any atom is 0.131 e. The van der Waals surface area contributed by atoms with E-state index >= 15 is 0 Å². The van der Waals surface area contributed by atoms with Crippen LogP contribution in [0.1, 0.15) is 18.1 Å². The largest absolute Gasteiger partial charge is 0.387 e. The predicted molar refractivity (Wildman–Crippen MR) is 44.8 cm³/mol. The van der Waals surface area contributed by atoms with E-state index in [1.54, 1.807) is 0 Å². The fourth-order valence-corrected chi connectivity index (χ4v) is 1.04. The Balaban J connectivity index is 3.06. The van der Waals surface area contributed by atoms with E-state index in [2.05, 4.69) is 5.92 Å². The Morgan fingerprint density at radius 2 is 1.92 bits per heavy atom. The molecule has 68 valence electrons. The molecule has 1 atom stereocenters. The topological polar surface area (TPSA) is 20.2 Å². The van der Waals surface area contributed by atoms with E-state index in [0.29, 0.717) is 0 Å². The average molecular weight is 182 g/mol. The van der Waals surface area contributed by atoms with Crippen LogP contribution >= 0.6 is 0 Å². The number of aliphatic hydroxyl groups is 1. The zero-order valence-corrected chi connectivity index (χ0v) is 6.80. The van der Waals surface area contributed by atoms with Gasteiger partial charge in [-0.3, -0.25) is 0 Å². The van der Waals surface area contributed by atoms with Crippen molar-refractivity contribution in [3.05, 3.63) is 35.4 Å². The number of hydrogen-bond donors (Lipinski definition) is 1. The third kappa shape index (κ3) is 2.04. The molecule has 0 bridgehead atoms. The summed E-state index contributed by atoms with van der Waals surface area (Å²) in [7, 11) is 0. The molecule has 1 rings (SSSR count). The highest BCUT2D eigenvalue weighted by Gasteiger charge is 2.16. The second kappa shape index (κ2) is 4.01. The minimum Gasteiger partial charge on any atom is -0.387 e. The lowest BCUT2D eigenvalue weighted by Gasteiger charge is -2.09. The van der Waals surface area contributed by atoms with E-state index in [1.165, 1.54) is 6.07 Å².